The lowest BCUT2D eigenvalue weighted by molar-refractivity contribution is -0.136. The Bertz CT molecular complexity index is 356. The predicted octanol–water partition coefficient (Wildman–Crippen LogP) is 2.22. The first-order valence-corrected chi connectivity index (χ1v) is 7.17. The molecule has 2 N–H and O–H groups in total. The summed E-state index contributed by atoms with van der Waals surface area (Å²) in [6, 6.07) is 4.59. The van der Waals surface area contributed by atoms with E-state index in [9.17, 15) is 4.79 Å². The molecule has 2 rings (SSSR count). The minimum atomic E-state index is -0.00411. The largest absolute Gasteiger partial charge is 0.334 e. The molecule has 0 spiro atoms. The normalized spacial score (nSPS) is 16.8. The molecule has 1 unspecified atom stereocenters. The Morgan fingerprint density at radius 2 is 2.41 bits per heavy atom. The molecule has 0 aliphatic heterocycles. The summed E-state index contributed by atoms with van der Waals surface area (Å²) in [5.74, 6) is 0.237. The second-order valence-electron chi connectivity index (χ2n) is 4.62. The van der Waals surface area contributed by atoms with Crippen molar-refractivity contribution in [1.82, 2.24) is 4.90 Å². The van der Waals surface area contributed by atoms with Crippen molar-refractivity contribution in [1.29, 1.82) is 0 Å². The van der Waals surface area contributed by atoms with Crippen molar-refractivity contribution < 1.29 is 4.79 Å². The van der Waals surface area contributed by atoms with Gasteiger partial charge in [-0.1, -0.05) is 13.0 Å². The van der Waals surface area contributed by atoms with E-state index < -0.39 is 0 Å². The van der Waals surface area contributed by atoms with Gasteiger partial charge < -0.3 is 10.6 Å². The van der Waals surface area contributed by atoms with Gasteiger partial charge in [0, 0.05) is 17.5 Å². The Hall–Kier alpha value is -0.870. The van der Waals surface area contributed by atoms with Crippen LogP contribution in [0.3, 0.4) is 0 Å². The van der Waals surface area contributed by atoms with Crippen LogP contribution in [-0.4, -0.2) is 23.4 Å². The van der Waals surface area contributed by atoms with E-state index in [0.717, 1.165) is 25.8 Å². The number of nitrogens with two attached hydrogens (primary N) is 1. The highest BCUT2D eigenvalue weighted by atomic mass is 32.1. The molecule has 94 valence electrons. The summed E-state index contributed by atoms with van der Waals surface area (Å²) >= 11 is 1.72. The van der Waals surface area contributed by atoms with Gasteiger partial charge in [-0.05, 0) is 30.7 Å². The highest BCUT2D eigenvalue weighted by Crippen LogP contribution is 2.30. The van der Waals surface area contributed by atoms with E-state index >= 15 is 0 Å². The molecule has 0 aromatic carbocycles. The number of nitrogens with zero attached hydrogens (tertiary/aromatic N) is 1. The van der Waals surface area contributed by atoms with Crippen molar-refractivity contribution in [3.8, 4) is 0 Å². The van der Waals surface area contributed by atoms with E-state index in [1.54, 1.807) is 11.3 Å². The van der Waals surface area contributed by atoms with Crippen molar-refractivity contribution in [2.75, 3.05) is 6.54 Å². The van der Waals surface area contributed by atoms with Crippen LogP contribution in [0.1, 0.15) is 31.1 Å². The van der Waals surface area contributed by atoms with E-state index in [0.29, 0.717) is 12.6 Å². The molecule has 3 nitrogen and oxygen atoms in total. The molecular weight excluding hydrogens is 232 g/mol. The fourth-order valence-corrected chi connectivity index (χ4v) is 2.72. The lowest BCUT2D eigenvalue weighted by atomic mass is 10.1. The monoisotopic (exact) mass is 252 g/mol. The molecule has 1 heterocycles. The lowest BCUT2D eigenvalue weighted by Crippen LogP contribution is -2.39. The number of thiophene rings is 1. The standard InChI is InChI=1S/C13H20N2OS/c1-2-10(8-14)13(16)15(11-5-6-11)9-12-4-3-7-17-12/h3-4,7,10-11H,2,5-6,8-9,14H2,1H3. The van der Waals surface area contributed by atoms with E-state index in [1.807, 2.05) is 17.9 Å². The average molecular weight is 252 g/mol. The van der Waals surface area contributed by atoms with Gasteiger partial charge in [0.1, 0.15) is 0 Å². The van der Waals surface area contributed by atoms with Crippen LogP contribution in [0.5, 0.6) is 0 Å². The predicted molar refractivity (Wildman–Crippen MR) is 70.7 cm³/mol. The molecule has 1 aromatic rings. The van der Waals surface area contributed by atoms with Crippen molar-refractivity contribution in [3.05, 3.63) is 22.4 Å². The van der Waals surface area contributed by atoms with Gasteiger partial charge in [-0.3, -0.25) is 4.79 Å². The van der Waals surface area contributed by atoms with Crippen LogP contribution in [0.25, 0.3) is 0 Å². The first-order chi connectivity index (χ1) is 8.26. The molecule has 1 fully saturated rings. The molecule has 0 radical (unpaired) electrons. The average Bonchev–Trinajstić information content (AvgIpc) is 3.05. The van der Waals surface area contributed by atoms with Gasteiger partial charge in [0.15, 0.2) is 0 Å². The van der Waals surface area contributed by atoms with Crippen LogP contribution >= 0.6 is 11.3 Å². The molecule has 0 bridgehead atoms. The van der Waals surface area contributed by atoms with Gasteiger partial charge in [0.2, 0.25) is 5.91 Å². The third kappa shape index (κ3) is 3.07. The van der Waals surface area contributed by atoms with E-state index in [-0.39, 0.29) is 11.8 Å². The maximum atomic E-state index is 12.4. The Kier molecular flexibility index (Phi) is 4.18. The summed E-state index contributed by atoms with van der Waals surface area (Å²) in [6.45, 7) is 3.26. The SMILES string of the molecule is CCC(CN)C(=O)N(Cc1cccs1)C1CC1. The van der Waals surface area contributed by atoms with Crippen LogP contribution < -0.4 is 5.73 Å². The summed E-state index contributed by atoms with van der Waals surface area (Å²) in [5.41, 5.74) is 5.67. The van der Waals surface area contributed by atoms with Crippen molar-refractivity contribution in [2.24, 2.45) is 11.7 Å². The van der Waals surface area contributed by atoms with Gasteiger partial charge in [-0.25, -0.2) is 0 Å². The van der Waals surface area contributed by atoms with Gasteiger partial charge in [-0.15, -0.1) is 11.3 Å². The van der Waals surface area contributed by atoms with E-state index in [2.05, 4.69) is 11.4 Å². The molecule has 4 heteroatoms. The molecule has 1 aliphatic rings. The van der Waals surface area contributed by atoms with Crippen LogP contribution in [0.4, 0.5) is 0 Å². The molecule has 17 heavy (non-hydrogen) atoms. The molecule has 0 saturated heterocycles. The molecule has 1 aromatic heterocycles. The van der Waals surface area contributed by atoms with Crippen molar-refractivity contribution in [2.45, 2.75) is 38.8 Å². The summed E-state index contributed by atoms with van der Waals surface area (Å²) in [6.07, 6.45) is 3.14. The number of carbonyl (C=O) groups is 1. The zero-order valence-electron chi connectivity index (χ0n) is 10.3. The third-order valence-corrected chi connectivity index (χ3v) is 4.16. The highest BCUT2D eigenvalue weighted by molar-refractivity contribution is 7.09. The number of amides is 1. The molecule has 1 saturated carbocycles. The molecule has 1 atom stereocenters. The van der Waals surface area contributed by atoms with Gasteiger partial charge >= 0.3 is 0 Å². The fraction of sp³-hybridized carbons (Fsp3) is 0.615. The minimum Gasteiger partial charge on any atom is -0.334 e. The number of hydrogen-bond acceptors (Lipinski definition) is 3. The third-order valence-electron chi connectivity index (χ3n) is 3.30. The van der Waals surface area contributed by atoms with Crippen LogP contribution in [0.2, 0.25) is 0 Å². The van der Waals surface area contributed by atoms with Gasteiger partial charge in [0.25, 0.3) is 0 Å². The Balaban J connectivity index is 2.04. The Morgan fingerprint density at radius 3 is 2.88 bits per heavy atom. The van der Waals surface area contributed by atoms with Crippen LogP contribution in [0.15, 0.2) is 17.5 Å². The number of hydrogen-bond donors (Lipinski definition) is 1. The second-order valence-corrected chi connectivity index (χ2v) is 5.65. The fourth-order valence-electron chi connectivity index (χ4n) is 2.02. The van der Waals surface area contributed by atoms with Gasteiger partial charge in [0.05, 0.1) is 12.5 Å². The van der Waals surface area contributed by atoms with E-state index in [1.165, 1.54) is 4.88 Å². The maximum absolute atomic E-state index is 12.4. The topological polar surface area (TPSA) is 46.3 Å². The summed E-state index contributed by atoms with van der Waals surface area (Å²) in [7, 11) is 0. The van der Waals surface area contributed by atoms with E-state index in [4.69, 9.17) is 5.73 Å². The molecule has 1 aliphatic carbocycles. The number of rotatable bonds is 6. The maximum Gasteiger partial charge on any atom is 0.227 e. The molecular formula is C13H20N2OS. The highest BCUT2D eigenvalue weighted by Gasteiger charge is 2.34. The van der Waals surface area contributed by atoms with Gasteiger partial charge in [-0.2, -0.15) is 0 Å². The Morgan fingerprint density at radius 1 is 1.65 bits per heavy atom. The zero-order valence-corrected chi connectivity index (χ0v) is 11.1. The number of carbonyl (C=O) groups excluding carboxylic acids is 1. The first kappa shape index (κ1) is 12.6. The summed E-state index contributed by atoms with van der Waals surface area (Å²) in [4.78, 5) is 15.7. The minimum absolute atomic E-state index is 0.00411. The zero-order chi connectivity index (χ0) is 12.3. The quantitative estimate of drug-likeness (QED) is 0.844. The first-order valence-electron chi connectivity index (χ1n) is 6.29. The van der Waals surface area contributed by atoms with Crippen molar-refractivity contribution >= 4 is 17.2 Å². The Labute approximate surface area is 107 Å². The summed E-state index contributed by atoms with van der Waals surface area (Å²) < 4.78 is 0. The van der Waals surface area contributed by atoms with Crippen LogP contribution in [-0.2, 0) is 11.3 Å². The van der Waals surface area contributed by atoms with Crippen LogP contribution in [0, 0.1) is 5.92 Å². The van der Waals surface area contributed by atoms with Crippen molar-refractivity contribution in [3.63, 3.8) is 0 Å². The second kappa shape index (κ2) is 5.65. The molecule has 1 amide bonds. The summed E-state index contributed by atoms with van der Waals surface area (Å²) in [5, 5.41) is 2.06. The smallest absolute Gasteiger partial charge is 0.227 e. The lowest BCUT2D eigenvalue weighted by Gasteiger charge is -2.26.